The van der Waals surface area contributed by atoms with Crippen LogP contribution in [-0.4, -0.2) is 36.6 Å². The van der Waals surface area contributed by atoms with Crippen molar-refractivity contribution < 1.29 is 37.0 Å². The summed E-state index contributed by atoms with van der Waals surface area (Å²) in [5.41, 5.74) is 2.90. The summed E-state index contributed by atoms with van der Waals surface area (Å²) in [5.74, 6) is 0. The molecule has 0 saturated heterocycles. The van der Waals surface area contributed by atoms with Crippen molar-refractivity contribution in [3.8, 4) is 0 Å². The summed E-state index contributed by atoms with van der Waals surface area (Å²) in [5, 5.41) is 21.0. The van der Waals surface area contributed by atoms with E-state index in [4.69, 9.17) is 20.3 Å². The van der Waals surface area contributed by atoms with Gasteiger partial charge >= 0.3 is 0 Å². The molecular formula is C17H36NO3Ti-. The van der Waals surface area contributed by atoms with Gasteiger partial charge in [0.05, 0.1) is 0 Å². The van der Waals surface area contributed by atoms with E-state index < -0.39 is 0 Å². The Labute approximate surface area is 152 Å². The second-order valence-electron chi connectivity index (χ2n) is 5.69. The van der Waals surface area contributed by atoms with Crippen molar-refractivity contribution in [1.29, 1.82) is 0 Å². The normalized spacial score (nSPS) is 9.82. The molecule has 0 saturated carbocycles. The Bertz CT molecular complexity index is 306. The van der Waals surface area contributed by atoms with Crippen molar-refractivity contribution in [3.05, 3.63) is 23.5 Å². The van der Waals surface area contributed by atoms with Crippen LogP contribution in [0.4, 0.5) is 0 Å². The van der Waals surface area contributed by atoms with Gasteiger partial charge in [0.1, 0.15) is 0 Å². The number of nitrogens with zero attached hydrogens (tertiary/aromatic N) is 1. The Balaban J connectivity index is -0.000000206. The molecule has 1 rings (SSSR count). The number of hydrogen-bond donors (Lipinski definition) is 3. The fourth-order valence-corrected chi connectivity index (χ4v) is 1.48. The number of hydrogen-bond acceptors (Lipinski definition) is 3. The van der Waals surface area contributed by atoms with E-state index in [1.54, 1.807) is 0 Å². The van der Waals surface area contributed by atoms with Gasteiger partial charge in [-0.25, -0.2) is 0 Å². The first kappa shape index (κ1) is 29.8. The molecule has 0 bridgehead atoms. The monoisotopic (exact) mass is 350 g/mol. The van der Waals surface area contributed by atoms with Gasteiger partial charge in [-0.2, -0.15) is 11.4 Å². The molecule has 0 aromatic carbocycles. The van der Waals surface area contributed by atoms with Crippen LogP contribution in [0.15, 0.2) is 12.1 Å². The van der Waals surface area contributed by atoms with Crippen molar-refractivity contribution in [1.82, 2.24) is 4.98 Å². The first-order valence-corrected chi connectivity index (χ1v) is 7.32. The summed E-state index contributed by atoms with van der Waals surface area (Å²) in [6.45, 7) is 13.5. The molecule has 0 aliphatic rings. The molecular weight excluding hydrogens is 314 g/mol. The minimum absolute atomic E-state index is 0. The third-order valence-corrected chi connectivity index (χ3v) is 3.79. The van der Waals surface area contributed by atoms with Crippen LogP contribution < -0.4 is 4.98 Å². The van der Waals surface area contributed by atoms with E-state index in [9.17, 15) is 0 Å². The van der Waals surface area contributed by atoms with Crippen LogP contribution in [0.3, 0.4) is 0 Å². The first-order valence-electron chi connectivity index (χ1n) is 7.32. The summed E-state index contributed by atoms with van der Waals surface area (Å²) >= 11 is 0. The van der Waals surface area contributed by atoms with E-state index in [-0.39, 0.29) is 32.5 Å². The number of aliphatic hydroxyl groups excluding tert-OH is 3. The molecule has 4 nitrogen and oxygen atoms in total. The Kier molecular flexibility index (Phi) is 21.4. The van der Waals surface area contributed by atoms with E-state index in [0.717, 1.165) is 34.2 Å². The molecule has 0 spiro atoms. The molecule has 0 fully saturated rings. The van der Waals surface area contributed by atoms with Crippen molar-refractivity contribution >= 4 is 0 Å². The molecule has 1 aromatic rings. The zero-order valence-electron chi connectivity index (χ0n) is 15.9. The van der Waals surface area contributed by atoms with Gasteiger partial charge in [0, 0.05) is 43.0 Å². The van der Waals surface area contributed by atoms with Crippen molar-refractivity contribution in [2.24, 2.45) is 0 Å². The molecule has 1 aromatic heterocycles. The Morgan fingerprint density at radius 3 is 1.14 bits per heavy atom. The average molecular weight is 350 g/mol. The Hall–Kier alpha value is -0.126. The molecule has 0 unspecified atom stereocenters. The quantitative estimate of drug-likeness (QED) is 0.730. The van der Waals surface area contributed by atoms with Crippen LogP contribution in [0.1, 0.15) is 65.8 Å². The average Bonchev–Trinajstić information content (AvgIpc) is 3.05. The zero-order valence-corrected chi connectivity index (χ0v) is 17.4. The van der Waals surface area contributed by atoms with Gasteiger partial charge in [-0.3, -0.25) is 0 Å². The molecule has 22 heavy (non-hydrogen) atoms. The number of aromatic nitrogens is 1. The second kappa shape index (κ2) is 15.8. The Morgan fingerprint density at radius 1 is 0.727 bits per heavy atom. The third kappa shape index (κ3) is 9.80. The molecule has 0 aliphatic carbocycles. The predicted octanol–water partition coefficient (Wildman–Crippen LogP) is 2.84. The Morgan fingerprint density at radius 2 is 0.955 bits per heavy atom. The standard InChI is InChI=1S/C14H24N.3CH4O.Ti/c1-7-13(3,4)11-9-10-12(15-11)14(5,6)8-2;3*1-2;/h9-10H,7-8H2,1-6H3;3*2H,1H3;/q-1;;;;. The molecule has 0 radical (unpaired) electrons. The van der Waals surface area contributed by atoms with Crippen LogP contribution in [-0.2, 0) is 32.5 Å². The summed E-state index contributed by atoms with van der Waals surface area (Å²) < 4.78 is 0. The second-order valence-corrected chi connectivity index (χ2v) is 5.69. The van der Waals surface area contributed by atoms with E-state index >= 15 is 0 Å². The van der Waals surface area contributed by atoms with Gasteiger partial charge in [-0.1, -0.05) is 53.7 Å². The largest absolute Gasteiger partial charge is 0.664 e. The van der Waals surface area contributed by atoms with Gasteiger partial charge in [-0.05, 0) is 23.7 Å². The van der Waals surface area contributed by atoms with Gasteiger partial charge in [0.25, 0.3) is 0 Å². The third-order valence-electron chi connectivity index (χ3n) is 3.79. The summed E-state index contributed by atoms with van der Waals surface area (Å²) in [6.07, 6.45) is 2.27. The first-order chi connectivity index (χ1) is 9.83. The van der Waals surface area contributed by atoms with Crippen LogP contribution in [0, 0.1) is 0 Å². The maximum Gasteiger partial charge on any atom is 0.0319 e. The van der Waals surface area contributed by atoms with Crippen LogP contribution in [0.2, 0.25) is 0 Å². The fourth-order valence-electron chi connectivity index (χ4n) is 1.48. The smallest absolute Gasteiger partial charge is 0.0319 e. The van der Waals surface area contributed by atoms with Crippen LogP contribution in [0.25, 0.3) is 0 Å². The molecule has 1 heterocycles. The molecule has 0 atom stereocenters. The molecule has 5 heteroatoms. The van der Waals surface area contributed by atoms with Crippen LogP contribution >= 0.6 is 0 Å². The summed E-state index contributed by atoms with van der Waals surface area (Å²) in [6, 6.07) is 4.38. The van der Waals surface area contributed by atoms with E-state index in [1.807, 2.05) is 0 Å². The maximum atomic E-state index is 7.00. The van der Waals surface area contributed by atoms with Crippen molar-refractivity contribution in [3.63, 3.8) is 0 Å². The van der Waals surface area contributed by atoms with E-state index in [1.165, 1.54) is 11.4 Å². The van der Waals surface area contributed by atoms with Crippen molar-refractivity contribution in [2.45, 2.75) is 65.2 Å². The minimum atomic E-state index is 0. The minimum Gasteiger partial charge on any atom is -0.664 e. The number of aliphatic hydroxyl groups is 3. The molecule has 3 N–H and O–H groups in total. The van der Waals surface area contributed by atoms with Gasteiger partial charge in [0.2, 0.25) is 0 Å². The zero-order chi connectivity index (χ0) is 17.7. The molecule has 0 aliphatic heterocycles. The van der Waals surface area contributed by atoms with Gasteiger partial charge in [0.15, 0.2) is 0 Å². The fraction of sp³-hybridized carbons (Fsp3) is 0.765. The van der Waals surface area contributed by atoms with Gasteiger partial charge in [-0.15, -0.1) is 0 Å². The topological polar surface area (TPSA) is 74.8 Å². The van der Waals surface area contributed by atoms with Crippen LogP contribution in [0.5, 0.6) is 0 Å². The summed E-state index contributed by atoms with van der Waals surface area (Å²) in [4.78, 5) is 4.80. The van der Waals surface area contributed by atoms with Crippen molar-refractivity contribution in [2.75, 3.05) is 21.3 Å². The maximum absolute atomic E-state index is 7.00. The van der Waals surface area contributed by atoms with Gasteiger partial charge < -0.3 is 20.3 Å². The predicted molar refractivity (Wildman–Crippen MR) is 90.8 cm³/mol. The SMILES string of the molecule is CCC(C)(C)c1ccc(C(C)(C)CC)[n-]1.CO.CO.CO.[Ti]. The van der Waals surface area contributed by atoms with E-state index in [2.05, 4.69) is 53.7 Å². The molecule has 0 amide bonds. The summed E-state index contributed by atoms with van der Waals surface area (Å²) in [7, 11) is 3.00. The molecule has 132 valence electrons. The van der Waals surface area contributed by atoms with E-state index in [0.29, 0.717) is 0 Å². The number of rotatable bonds is 4.